The third kappa shape index (κ3) is 3.29. The van der Waals surface area contributed by atoms with Crippen LogP contribution in [-0.4, -0.2) is 48.3 Å². The van der Waals surface area contributed by atoms with Crippen molar-refractivity contribution in [3.63, 3.8) is 0 Å². The van der Waals surface area contributed by atoms with Gasteiger partial charge in [0.05, 0.1) is 18.2 Å². The van der Waals surface area contributed by atoms with E-state index in [9.17, 15) is 19.2 Å². The number of carbonyl (C=O) groups excluding carboxylic acids is 4. The second kappa shape index (κ2) is 7.25. The third-order valence-corrected chi connectivity index (χ3v) is 4.16. The van der Waals surface area contributed by atoms with E-state index in [-0.39, 0.29) is 17.0 Å². The van der Waals surface area contributed by atoms with Gasteiger partial charge in [-0.15, -0.1) is 0 Å². The van der Waals surface area contributed by atoms with Crippen molar-refractivity contribution in [2.24, 2.45) is 5.92 Å². The summed E-state index contributed by atoms with van der Waals surface area (Å²) in [5, 5.41) is 2.55. The summed E-state index contributed by atoms with van der Waals surface area (Å²) in [7, 11) is 1.24. The highest BCUT2D eigenvalue weighted by Crippen LogP contribution is 2.22. The number of esters is 1. The lowest BCUT2D eigenvalue weighted by molar-refractivity contribution is -0.146. The molecule has 7 nitrogen and oxygen atoms in total. The third-order valence-electron chi connectivity index (χ3n) is 4.16. The first kappa shape index (κ1) is 17.7. The molecule has 1 heterocycles. The van der Waals surface area contributed by atoms with Gasteiger partial charge in [0.25, 0.3) is 11.8 Å². The molecule has 7 heteroatoms. The maximum absolute atomic E-state index is 12.2. The van der Waals surface area contributed by atoms with Crippen molar-refractivity contribution in [1.29, 1.82) is 0 Å². The first-order valence-electron chi connectivity index (χ1n) is 7.73. The van der Waals surface area contributed by atoms with Crippen LogP contribution < -0.4 is 5.32 Å². The summed E-state index contributed by atoms with van der Waals surface area (Å²) in [4.78, 5) is 49.4. The Kier molecular flexibility index (Phi) is 5.33. The Morgan fingerprint density at radius 1 is 1.17 bits per heavy atom. The summed E-state index contributed by atoms with van der Waals surface area (Å²) in [6.45, 7) is 3.26. The molecule has 1 aromatic rings. The molecule has 0 saturated heterocycles. The zero-order chi connectivity index (χ0) is 17.9. The molecule has 0 aliphatic carbocycles. The van der Waals surface area contributed by atoms with Crippen LogP contribution >= 0.6 is 0 Å². The highest BCUT2D eigenvalue weighted by atomic mass is 16.5. The molecular weight excluding hydrogens is 312 g/mol. The van der Waals surface area contributed by atoms with Crippen molar-refractivity contribution >= 4 is 23.7 Å². The van der Waals surface area contributed by atoms with E-state index in [4.69, 9.17) is 4.74 Å². The van der Waals surface area contributed by atoms with Crippen LogP contribution in [0.15, 0.2) is 24.3 Å². The van der Waals surface area contributed by atoms with Gasteiger partial charge in [-0.3, -0.25) is 19.3 Å². The molecular formula is C17H20N2O5. The number of hydrogen-bond acceptors (Lipinski definition) is 5. The lowest BCUT2D eigenvalue weighted by Crippen LogP contribution is -2.49. The molecule has 0 unspecified atom stereocenters. The molecule has 3 amide bonds. The van der Waals surface area contributed by atoms with Crippen LogP contribution in [0.25, 0.3) is 0 Å². The summed E-state index contributed by atoms with van der Waals surface area (Å²) < 4.78 is 4.70. The zero-order valence-electron chi connectivity index (χ0n) is 13.9. The summed E-state index contributed by atoms with van der Waals surface area (Å²) in [6.07, 6.45) is 0.660. The Morgan fingerprint density at radius 2 is 1.71 bits per heavy atom. The Hall–Kier alpha value is -2.70. The fourth-order valence-electron chi connectivity index (χ4n) is 2.54. The van der Waals surface area contributed by atoms with Gasteiger partial charge in [0.2, 0.25) is 5.91 Å². The number of carbonyl (C=O) groups is 4. The van der Waals surface area contributed by atoms with Crippen LogP contribution in [0.1, 0.15) is 41.0 Å². The Balaban J connectivity index is 2.09. The monoisotopic (exact) mass is 332 g/mol. The maximum Gasteiger partial charge on any atom is 0.328 e. The second-order valence-corrected chi connectivity index (χ2v) is 5.70. The minimum atomic E-state index is -0.817. The average molecular weight is 332 g/mol. The number of nitrogens with one attached hydrogen (secondary N) is 1. The van der Waals surface area contributed by atoms with Crippen molar-refractivity contribution in [3.05, 3.63) is 35.4 Å². The van der Waals surface area contributed by atoms with Gasteiger partial charge < -0.3 is 10.1 Å². The van der Waals surface area contributed by atoms with Gasteiger partial charge in [-0.2, -0.15) is 0 Å². The van der Waals surface area contributed by atoms with Crippen LogP contribution in [0.4, 0.5) is 0 Å². The largest absolute Gasteiger partial charge is 0.467 e. The number of hydrogen-bond donors (Lipinski definition) is 1. The highest BCUT2D eigenvalue weighted by molar-refractivity contribution is 6.22. The number of fused-ring (bicyclic) bond motifs is 1. The number of methoxy groups -OCH3 is 1. The molecule has 1 N–H and O–H groups in total. The number of benzene rings is 1. The van der Waals surface area contributed by atoms with Gasteiger partial charge in [-0.25, -0.2) is 4.79 Å². The van der Waals surface area contributed by atoms with E-state index in [1.54, 1.807) is 24.3 Å². The Bertz CT molecular complexity index is 650. The summed E-state index contributed by atoms with van der Waals surface area (Å²) in [6, 6.07) is 5.59. The quantitative estimate of drug-likeness (QED) is 0.619. The van der Waals surface area contributed by atoms with Crippen LogP contribution in [0.3, 0.4) is 0 Å². The molecule has 0 radical (unpaired) electrons. The first-order valence-corrected chi connectivity index (χ1v) is 7.73. The molecule has 2 rings (SSSR count). The number of amides is 3. The van der Waals surface area contributed by atoms with Gasteiger partial charge in [0.1, 0.15) is 12.6 Å². The van der Waals surface area contributed by atoms with E-state index in [2.05, 4.69) is 5.32 Å². The molecule has 1 aliphatic heterocycles. The molecule has 24 heavy (non-hydrogen) atoms. The Labute approximate surface area is 140 Å². The Morgan fingerprint density at radius 3 is 2.17 bits per heavy atom. The molecule has 128 valence electrons. The normalized spacial score (nSPS) is 15.7. The standard InChI is InChI=1S/C17H20N2O5/c1-4-10(2)14(17(23)24-3)18-13(20)9-19-15(21)11-7-5-6-8-12(11)16(19)22/h5-8,10,14H,4,9H2,1-3H3,(H,18,20)/t10-,14+/m1/s1. The molecule has 0 bridgehead atoms. The molecule has 2 atom stereocenters. The summed E-state index contributed by atoms with van der Waals surface area (Å²) >= 11 is 0. The van der Waals surface area contributed by atoms with Crippen LogP contribution in [-0.2, 0) is 14.3 Å². The predicted octanol–water partition coefficient (Wildman–Crippen LogP) is 0.986. The molecule has 0 spiro atoms. The van der Waals surface area contributed by atoms with Crippen LogP contribution in [0.2, 0.25) is 0 Å². The van der Waals surface area contributed by atoms with Crippen molar-refractivity contribution in [2.45, 2.75) is 26.3 Å². The number of ether oxygens (including phenoxy) is 1. The molecule has 0 aromatic heterocycles. The van der Waals surface area contributed by atoms with E-state index in [1.807, 2.05) is 13.8 Å². The summed E-state index contributed by atoms with van der Waals surface area (Å²) in [5.74, 6) is -2.29. The number of nitrogens with zero attached hydrogens (tertiary/aromatic N) is 1. The fourth-order valence-corrected chi connectivity index (χ4v) is 2.54. The van der Waals surface area contributed by atoms with Gasteiger partial charge in [0, 0.05) is 0 Å². The average Bonchev–Trinajstić information content (AvgIpc) is 2.83. The van der Waals surface area contributed by atoms with Crippen LogP contribution in [0, 0.1) is 5.92 Å². The SMILES string of the molecule is CC[C@@H](C)[C@H](NC(=O)CN1C(=O)c2ccccc2C1=O)C(=O)OC. The van der Waals surface area contributed by atoms with Crippen molar-refractivity contribution in [1.82, 2.24) is 10.2 Å². The van der Waals surface area contributed by atoms with E-state index < -0.39 is 36.3 Å². The minimum absolute atomic E-state index is 0.136. The summed E-state index contributed by atoms with van der Waals surface area (Å²) in [5.41, 5.74) is 0.559. The maximum atomic E-state index is 12.2. The van der Waals surface area contributed by atoms with Crippen molar-refractivity contribution in [2.75, 3.05) is 13.7 Å². The molecule has 0 saturated carbocycles. The first-order chi connectivity index (χ1) is 11.4. The molecule has 1 aromatic carbocycles. The highest BCUT2D eigenvalue weighted by Gasteiger charge is 2.37. The van der Waals surface area contributed by atoms with E-state index >= 15 is 0 Å². The van der Waals surface area contributed by atoms with Crippen LogP contribution in [0.5, 0.6) is 0 Å². The second-order valence-electron chi connectivity index (χ2n) is 5.70. The van der Waals surface area contributed by atoms with Gasteiger partial charge >= 0.3 is 5.97 Å². The minimum Gasteiger partial charge on any atom is -0.467 e. The number of imide groups is 1. The number of rotatable bonds is 6. The molecule has 0 fully saturated rings. The van der Waals surface area contributed by atoms with E-state index in [0.29, 0.717) is 6.42 Å². The zero-order valence-corrected chi connectivity index (χ0v) is 13.9. The van der Waals surface area contributed by atoms with Gasteiger partial charge in [-0.05, 0) is 18.1 Å². The van der Waals surface area contributed by atoms with E-state index in [0.717, 1.165) is 4.90 Å². The topological polar surface area (TPSA) is 92.8 Å². The lowest BCUT2D eigenvalue weighted by atomic mass is 9.99. The fraction of sp³-hybridized carbons (Fsp3) is 0.412. The van der Waals surface area contributed by atoms with Gasteiger partial charge in [0.15, 0.2) is 0 Å². The van der Waals surface area contributed by atoms with Gasteiger partial charge in [-0.1, -0.05) is 32.4 Å². The lowest BCUT2D eigenvalue weighted by Gasteiger charge is -2.23. The van der Waals surface area contributed by atoms with Crippen molar-refractivity contribution in [3.8, 4) is 0 Å². The smallest absolute Gasteiger partial charge is 0.328 e. The van der Waals surface area contributed by atoms with E-state index in [1.165, 1.54) is 7.11 Å². The predicted molar refractivity (Wildman–Crippen MR) is 85.2 cm³/mol. The molecule has 1 aliphatic rings. The van der Waals surface area contributed by atoms with Crippen molar-refractivity contribution < 1.29 is 23.9 Å².